The second kappa shape index (κ2) is 28.9. The number of pyridine rings is 1. The quantitative estimate of drug-likeness (QED) is 0.0342. The zero-order chi connectivity index (χ0) is 47.7. The first-order chi connectivity index (χ1) is 32.5. The number of benzene rings is 2. The van der Waals surface area contributed by atoms with Gasteiger partial charge in [0.25, 0.3) is 11.8 Å². The molecule has 1 aliphatic heterocycles. The molecule has 4 aromatic rings. The van der Waals surface area contributed by atoms with E-state index >= 15 is 0 Å². The number of aryl methyl sites for hydroxylation is 1. The molecule has 0 bridgehead atoms. The SMILES string of the molecule is Cc1cc(C(=O)NCCOCCOCCOCCOCCOCCOCCOCCO[C@@H]2CCN(c3ncc(C(=O)Nc4ccc(OC(C)(F)F)cc4)cc3-c3ccn[nH]3)C2)ccc1B(O)O. The zero-order valence-electron chi connectivity index (χ0n) is 37.9. The lowest BCUT2D eigenvalue weighted by Crippen LogP contribution is -2.33. The molecule has 5 N–H and O–H groups in total. The largest absolute Gasteiger partial charge is 0.488 e. The van der Waals surface area contributed by atoms with Crippen LogP contribution in [0.15, 0.2) is 67.0 Å². The van der Waals surface area contributed by atoms with Crippen molar-refractivity contribution >= 4 is 35.9 Å². The van der Waals surface area contributed by atoms with E-state index in [1.54, 1.807) is 37.4 Å². The summed E-state index contributed by atoms with van der Waals surface area (Å²) in [6, 6.07) is 13.9. The van der Waals surface area contributed by atoms with Gasteiger partial charge in [0.1, 0.15) is 11.6 Å². The third-order valence-corrected chi connectivity index (χ3v) is 9.93. The molecule has 2 aromatic carbocycles. The van der Waals surface area contributed by atoms with Gasteiger partial charge in [0, 0.05) is 55.8 Å². The van der Waals surface area contributed by atoms with Crippen molar-refractivity contribution in [2.45, 2.75) is 32.5 Å². The molecule has 19 nitrogen and oxygen atoms in total. The molecule has 0 unspecified atom stereocenters. The predicted molar refractivity (Wildman–Crippen MR) is 243 cm³/mol. The van der Waals surface area contributed by atoms with Crippen molar-refractivity contribution in [2.24, 2.45) is 0 Å². The van der Waals surface area contributed by atoms with Gasteiger partial charge in [-0.3, -0.25) is 14.7 Å². The van der Waals surface area contributed by atoms with Crippen LogP contribution in [0.25, 0.3) is 11.3 Å². The Morgan fingerprint density at radius 1 is 0.776 bits per heavy atom. The first-order valence-corrected chi connectivity index (χ1v) is 22.1. The minimum atomic E-state index is -3.32. The standard InChI is InChI=1S/C45H61BF2N6O13/c1-33-29-34(3-8-40(33)46(57)58)43(55)49-12-14-59-15-16-60-17-18-61-19-20-62-21-22-63-23-24-64-25-26-65-27-28-66-38-10-13-54(32-38)42-39(41-9-11-51-53-41)30-35(31-50-42)44(56)52-36-4-6-37(7-5-36)67-45(2,47)48/h3-9,11,29-31,38,57-58H,10,12-28,32H2,1-2H3,(H,49,55)(H,51,53)(H,52,56)/t38-/m1/s1. The monoisotopic (exact) mass is 942 g/mol. The van der Waals surface area contributed by atoms with Crippen LogP contribution in [0.5, 0.6) is 5.75 Å². The number of amides is 2. The number of halogens is 2. The van der Waals surface area contributed by atoms with Crippen LogP contribution in [0.2, 0.25) is 0 Å². The average molecular weight is 943 g/mol. The predicted octanol–water partition coefficient (Wildman–Crippen LogP) is 2.85. The summed E-state index contributed by atoms with van der Waals surface area (Å²) in [5.41, 5.74) is 3.53. The van der Waals surface area contributed by atoms with Crippen molar-refractivity contribution in [1.82, 2.24) is 20.5 Å². The van der Waals surface area contributed by atoms with Crippen LogP contribution in [-0.4, -0.2) is 175 Å². The molecule has 3 heterocycles. The van der Waals surface area contributed by atoms with Crippen molar-refractivity contribution in [2.75, 3.05) is 129 Å². The number of nitrogens with zero attached hydrogens (tertiary/aromatic N) is 3. The zero-order valence-corrected chi connectivity index (χ0v) is 37.9. The molecule has 0 aliphatic carbocycles. The van der Waals surface area contributed by atoms with Crippen molar-refractivity contribution in [3.05, 3.63) is 83.7 Å². The normalized spacial score (nSPS) is 13.8. The van der Waals surface area contributed by atoms with E-state index in [0.29, 0.717) is 171 Å². The Morgan fingerprint density at radius 2 is 1.36 bits per heavy atom. The molecule has 5 rings (SSSR count). The number of H-pyrrole nitrogens is 1. The van der Waals surface area contributed by atoms with Gasteiger partial charge in [0.15, 0.2) is 0 Å². The maximum atomic E-state index is 13.2. The van der Waals surface area contributed by atoms with Gasteiger partial charge in [-0.05, 0) is 67.3 Å². The van der Waals surface area contributed by atoms with Gasteiger partial charge >= 0.3 is 13.2 Å². The van der Waals surface area contributed by atoms with E-state index in [4.69, 9.17) is 37.9 Å². The lowest BCUT2D eigenvalue weighted by molar-refractivity contribution is -0.158. The van der Waals surface area contributed by atoms with Gasteiger partial charge < -0.3 is 68.2 Å². The molecular weight excluding hydrogens is 881 g/mol. The smallest absolute Gasteiger partial charge is 0.433 e. The van der Waals surface area contributed by atoms with Crippen LogP contribution in [0.1, 0.15) is 39.6 Å². The average Bonchev–Trinajstić information content (AvgIpc) is 4.02. The lowest BCUT2D eigenvalue weighted by atomic mass is 9.77. The maximum Gasteiger partial charge on any atom is 0.488 e. The van der Waals surface area contributed by atoms with Crippen LogP contribution in [0.3, 0.4) is 0 Å². The first-order valence-electron chi connectivity index (χ1n) is 22.1. The Kier molecular flexibility index (Phi) is 22.8. The number of anilines is 2. The fourth-order valence-electron chi connectivity index (χ4n) is 6.65. The molecule has 67 heavy (non-hydrogen) atoms. The minimum absolute atomic E-state index is 0.0221. The molecule has 1 fully saturated rings. The van der Waals surface area contributed by atoms with E-state index in [-0.39, 0.29) is 17.8 Å². The van der Waals surface area contributed by atoms with Crippen LogP contribution in [0.4, 0.5) is 20.3 Å². The molecule has 2 amide bonds. The molecule has 2 aromatic heterocycles. The fourth-order valence-corrected chi connectivity index (χ4v) is 6.65. The van der Waals surface area contributed by atoms with Gasteiger partial charge in [0.05, 0.1) is 116 Å². The van der Waals surface area contributed by atoms with Crippen molar-refractivity contribution in [3.8, 4) is 17.0 Å². The third-order valence-electron chi connectivity index (χ3n) is 9.93. The van der Waals surface area contributed by atoms with Gasteiger partial charge in [-0.1, -0.05) is 11.6 Å². The van der Waals surface area contributed by atoms with Crippen LogP contribution >= 0.6 is 0 Å². The number of alkyl halides is 2. The van der Waals surface area contributed by atoms with E-state index in [9.17, 15) is 28.4 Å². The van der Waals surface area contributed by atoms with E-state index in [2.05, 4.69) is 35.5 Å². The number of ether oxygens (including phenoxy) is 9. The Morgan fingerprint density at radius 3 is 1.90 bits per heavy atom. The van der Waals surface area contributed by atoms with Crippen molar-refractivity contribution in [3.63, 3.8) is 0 Å². The number of hydrogen-bond donors (Lipinski definition) is 5. The summed E-state index contributed by atoms with van der Waals surface area (Å²) in [6.45, 7) is 10.3. The van der Waals surface area contributed by atoms with Gasteiger partial charge in [0.2, 0.25) is 0 Å². The highest BCUT2D eigenvalue weighted by atomic mass is 19.3. The molecule has 0 saturated carbocycles. The van der Waals surface area contributed by atoms with E-state index in [1.807, 2.05) is 0 Å². The van der Waals surface area contributed by atoms with Gasteiger partial charge in [-0.15, -0.1) is 0 Å². The Hall–Kier alpha value is -5.14. The highest BCUT2D eigenvalue weighted by Gasteiger charge is 2.28. The lowest BCUT2D eigenvalue weighted by Gasteiger charge is -2.21. The Labute approximate surface area is 388 Å². The Balaban J connectivity index is 0.799. The van der Waals surface area contributed by atoms with Gasteiger partial charge in [-0.2, -0.15) is 13.9 Å². The number of hydrogen-bond acceptors (Lipinski definition) is 16. The number of aromatic nitrogens is 3. The molecule has 0 radical (unpaired) electrons. The summed E-state index contributed by atoms with van der Waals surface area (Å²) in [5, 5.41) is 31.2. The molecule has 0 spiro atoms. The summed E-state index contributed by atoms with van der Waals surface area (Å²) in [5.74, 6) is -0.0191. The number of nitrogens with one attached hydrogen (secondary N) is 3. The highest BCUT2D eigenvalue weighted by Crippen LogP contribution is 2.32. The number of aromatic amines is 1. The van der Waals surface area contributed by atoms with Gasteiger partial charge in [-0.25, -0.2) is 4.98 Å². The summed E-state index contributed by atoms with van der Waals surface area (Å²) in [6.07, 6.45) is 0.571. The summed E-state index contributed by atoms with van der Waals surface area (Å²) in [4.78, 5) is 32.2. The second-order valence-corrected chi connectivity index (χ2v) is 15.2. The van der Waals surface area contributed by atoms with E-state index in [0.717, 1.165) is 6.42 Å². The molecule has 366 valence electrons. The fraction of sp³-hybridized carbons (Fsp3) is 0.511. The van der Waals surface area contributed by atoms with E-state index in [1.165, 1.54) is 36.5 Å². The molecular formula is C45H61BF2N6O13. The van der Waals surface area contributed by atoms with Crippen LogP contribution in [-0.2, 0) is 37.9 Å². The van der Waals surface area contributed by atoms with E-state index < -0.39 is 19.1 Å². The Bertz CT molecular complexity index is 2050. The summed E-state index contributed by atoms with van der Waals surface area (Å²) >= 11 is 0. The minimum Gasteiger partial charge on any atom is -0.433 e. The molecule has 1 aliphatic rings. The maximum absolute atomic E-state index is 13.2. The van der Waals surface area contributed by atoms with Crippen molar-refractivity contribution in [1.29, 1.82) is 0 Å². The highest BCUT2D eigenvalue weighted by molar-refractivity contribution is 6.59. The topological polar surface area (TPSA) is 227 Å². The third kappa shape index (κ3) is 19.5. The summed E-state index contributed by atoms with van der Waals surface area (Å²) < 4.78 is 75.7. The van der Waals surface area contributed by atoms with Crippen LogP contribution < -0.4 is 25.7 Å². The second-order valence-electron chi connectivity index (χ2n) is 15.2. The number of carbonyl (C=O) groups is 2. The van der Waals surface area contributed by atoms with Crippen LogP contribution in [0, 0.1) is 6.92 Å². The molecule has 1 atom stereocenters. The van der Waals surface area contributed by atoms with Crippen molar-refractivity contribution < 1.29 is 71.0 Å². The molecule has 22 heteroatoms. The summed E-state index contributed by atoms with van der Waals surface area (Å²) in [7, 11) is -1.58. The number of carbonyl (C=O) groups excluding carboxylic acids is 2. The molecule has 1 saturated heterocycles. The number of rotatable bonds is 33. The first kappa shape index (κ1) is 52.8.